The molecule has 0 aromatic heterocycles. The average molecular weight is 149 g/mol. The predicted octanol–water partition coefficient (Wildman–Crippen LogP) is 2.58. The Morgan fingerprint density at radius 2 is 2.45 bits per heavy atom. The Morgan fingerprint density at radius 1 is 1.55 bits per heavy atom. The molecule has 2 aliphatic rings. The highest BCUT2D eigenvalue weighted by Crippen LogP contribution is 2.26. The minimum absolute atomic E-state index is 0.829. The Bertz CT molecular complexity index is 213. The van der Waals surface area contributed by atoms with Crippen LogP contribution in [-0.2, 0) is 0 Å². The number of fused-ring (bicyclic) bond motifs is 1. The SMILES string of the molecule is C[C@@H]1CC=C2CCCN=C2C1. The minimum Gasteiger partial charge on any atom is -0.289 e. The van der Waals surface area contributed by atoms with Gasteiger partial charge in [0.05, 0.1) is 0 Å². The minimum atomic E-state index is 0.829. The van der Waals surface area contributed by atoms with Gasteiger partial charge in [0.1, 0.15) is 0 Å². The van der Waals surface area contributed by atoms with Crippen LogP contribution < -0.4 is 0 Å². The van der Waals surface area contributed by atoms with Crippen molar-refractivity contribution in [2.75, 3.05) is 6.54 Å². The van der Waals surface area contributed by atoms with Crippen molar-refractivity contribution in [1.29, 1.82) is 0 Å². The van der Waals surface area contributed by atoms with Gasteiger partial charge in [-0.25, -0.2) is 0 Å². The van der Waals surface area contributed by atoms with Crippen LogP contribution in [0.25, 0.3) is 0 Å². The van der Waals surface area contributed by atoms with Crippen molar-refractivity contribution in [1.82, 2.24) is 0 Å². The van der Waals surface area contributed by atoms with Gasteiger partial charge in [0.2, 0.25) is 0 Å². The lowest BCUT2D eigenvalue weighted by atomic mass is 9.86. The lowest BCUT2D eigenvalue weighted by Gasteiger charge is -2.23. The van der Waals surface area contributed by atoms with Gasteiger partial charge in [0.15, 0.2) is 0 Å². The van der Waals surface area contributed by atoms with Gasteiger partial charge in [-0.2, -0.15) is 0 Å². The zero-order valence-corrected chi connectivity index (χ0v) is 7.14. The first-order valence-electron chi connectivity index (χ1n) is 4.59. The van der Waals surface area contributed by atoms with Gasteiger partial charge in [-0.05, 0) is 37.2 Å². The summed E-state index contributed by atoms with van der Waals surface area (Å²) in [4.78, 5) is 4.55. The summed E-state index contributed by atoms with van der Waals surface area (Å²) in [5.74, 6) is 0.829. The van der Waals surface area contributed by atoms with Gasteiger partial charge < -0.3 is 0 Å². The third-order valence-corrected chi connectivity index (χ3v) is 2.59. The summed E-state index contributed by atoms with van der Waals surface area (Å²) in [6.45, 7) is 3.38. The topological polar surface area (TPSA) is 12.4 Å². The van der Waals surface area contributed by atoms with Crippen molar-refractivity contribution in [2.24, 2.45) is 10.9 Å². The Labute approximate surface area is 68.2 Å². The Kier molecular flexibility index (Phi) is 1.80. The summed E-state index contributed by atoms with van der Waals surface area (Å²) in [7, 11) is 0. The first-order valence-corrected chi connectivity index (χ1v) is 4.59. The van der Waals surface area contributed by atoms with Crippen LogP contribution in [0.1, 0.15) is 32.6 Å². The maximum atomic E-state index is 4.55. The number of aliphatic imine (C=N–C) groups is 1. The van der Waals surface area contributed by atoms with Crippen molar-refractivity contribution in [3.05, 3.63) is 11.6 Å². The van der Waals surface area contributed by atoms with Crippen LogP contribution in [0.5, 0.6) is 0 Å². The number of hydrogen-bond acceptors (Lipinski definition) is 1. The van der Waals surface area contributed by atoms with Crippen LogP contribution in [0.4, 0.5) is 0 Å². The average Bonchev–Trinajstić information content (AvgIpc) is 2.04. The van der Waals surface area contributed by atoms with E-state index in [1.54, 1.807) is 5.57 Å². The fraction of sp³-hybridized carbons (Fsp3) is 0.700. The highest BCUT2D eigenvalue weighted by Gasteiger charge is 2.18. The van der Waals surface area contributed by atoms with E-state index in [0.717, 1.165) is 12.5 Å². The molecule has 1 heterocycles. The molecule has 1 aliphatic carbocycles. The smallest absolute Gasteiger partial charge is 0.0395 e. The summed E-state index contributed by atoms with van der Waals surface area (Å²) in [6, 6.07) is 0. The van der Waals surface area contributed by atoms with Gasteiger partial charge in [0, 0.05) is 12.3 Å². The summed E-state index contributed by atoms with van der Waals surface area (Å²) in [6.07, 6.45) is 7.45. The molecule has 0 bridgehead atoms. The summed E-state index contributed by atoms with van der Waals surface area (Å²) >= 11 is 0. The normalized spacial score (nSPS) is 30.5. The lowest BCUT2D eigenvalue weighted by molar-refractivity contribution is 0.594. The van der Waals surface area contributed by atoms with E-state index in [2.05, 4.69) is 18.0 Å². The van der Waals surface area contributed by atoms with Crippen molar-refractivity contribution in [3.8, 4) is 0 Å². The molecule has 0 aromatic rings. The first-order chi connectivity index (χ1) is 5.36. The Balaban J connectivity index is 2.22. The molecule has 0 radical (unpaired) electrons. The summed E-state index contributed by atoms with van der Waals surface area (Å²) in [5, 5.41) is 0. The fourth-order valence-electron chi connectivity index (χ4n) is 1.90. The standard InChI is InChI=1S/C10H15N/c1-8-4-5-9-3-2-6-11-10(9)7-8/h5,8H,2-4,6-7H2,1H3/t8-/m1/s1. The molecule has 0 fully saturated rings. The molecule has 0 amide bonds. The molecule has 0 saturated carbocycles. The van der Waals surface area contributed by atoms with E-state index >= 15 is 0 Å². The largest absolute Gasteiger partial charge is 0.289 e. The second-order valence-electron chi connectivity index (χ2n) is 3.71. The molecule has 1 aliphatic heterocycles. The third kappa shape index (κ3) is 1.37. The van der Waals surface area contributed by atoms with Gasteiger partial charge in [-0.15, -0.1) is 0 Å². The number of hydrogen-bond donors (Lipinski definition) is 0. The van der Waals surface area contributed by atoms with Crippen molar-refractivity contribution in [2.45, 2.75) is 32.6 Å². The maximum Gasteiger partial charge on any atom is 0.0395 e. The molecule has 1 atom stereocenters. The molecule has 0 saturated heterocycles. The second-order valence-corrected chi connectivity index (χ2v) is 3.71. The number of nitrogens with zero attached hydrogens (tertiary/aromatic N) is 1. The van der Waals surface area contributed by atoms with Gasteiger partial charge in [-0.3, -0.25) is 4.99 Å². The molecular formula is C10H15N. The van der Waals surface area contributed by atoms with Crippen molar-refractivity contribution < 1.29 is 0 Å². The van der Waals surface area contributed by atoms with E-state index in [0.29, 0.717) is 0 Å². The van der Waals surface area contributed by atoms with Crippen LogP contribution in [0.3, 0.4) is 0 Å². The summed E-state index contributed by atoms with van der Waals surface area (Å²) in [5.41, 5.74) is 2.96. The molecule has 0 N–H and O–H groups in total. The van der Waals surface area contributed by atoms with Crippen LogP contribution in [-0.4, -0.2) is 12.3 Å². The predicted molar refractivity (Wildman–Crippen MR) is 48.0 cm³/mol. The van der Waals surface area contributed by atoms with Crippen molar-refractivity contribution in [3.63, 3.8) is 0 Å². The Morgan fingerprint density at radius 3 is 3.36 bits per heavy atom. The van der Waals surface area contributed by atoms with Gasteiger partial charge in [-0.1, -0.05) is 13.0 Å². The fourth-order valence-corrected chi connectivity index (χ4v) is 1.90. The number of allylic oxidation sites excluding steroid dienone is 2. The van der Waals surface area contributed by atoms with Crippen LogP contribution in [0.2, 0.25) is 0 Å². The van der Waals surface area contributed by atoms with Crippen LogP contribution in [0.15, 0.2) is 16.6 Å². The molecule has 1 nitrogen and oxygen atoms in total. The molecular weight excluding hydrogens is 134 g/mol. The zero-order valence-electron chi connectivity index (χ0n) is 7.14. The molecule has 11 heavy (non-hydrogen) atoms. The summed E-state index contributed by atoms with van der Waals surface area (Å²) < 4.78 is 0. The van der Waals surface area contributed by atoms with Gasteiger partial charge in [0.25, 0.3) is 0 Å². The van der Waals surface area contributed by atoms with E-state index in [-0.39, 0.29) is 0 Å². The van der Waals surface area contributed by atoms with E-state index in [9.17, 15) is 0 Å². The molecule has 0 unspecified atom stereocenters. The number of rotatable bonds is 0. The molecule has 1 heteroatoms. The highest BCUT2D eigenvalue weighted by molar-refractivity contribution is 6.01. The molecule has 0 aromatic carbocycles. The third-order valence-electron chi connectivity index (χ3n) is 2.59. The molecule has 2 rings (SSSR count). The molecule has 60 valence electrons. The van der Waals surface area contributed by atoms with E-state index in [1.807, 2.05) is 0 Å². The monoisotopic (exact) mass is 149 g/mol. The lowest BCUT2D eigenvalue weighted by Crippen LogP contribution is -2.17. The van der Waals surface area contributed by atoms with E-state index in [4.69, 9.17) is 0 Å². The second kappa shape index (κ2) is 2.80. The van der Waals surface area contributed by atoms with Crippen LogP contribution >= 0.6 is 0 Å². The van der Waals surface area contributed by atoms with Crippen LogP contribution in [0, 0.1) is 5.92 Å². The van der Waals surface area contributed by atoms with Crippen molar-refractivity contribution >= 4 is 5.71 Å². The first kappa shape index (κ1) is 7.08. The molecule has 0 spiro atoms. The Hall–Kier alpha value is -0.590. The van der Waals surface area contributed by atoms with E-state index < -0.39 is 0 Å². The zero-order chi connectivity index (χ0) is 7.68. The maximum absolute atomic E-state index is 4.55. The highest BCUT2D eigenvalue weighted by atomic mass is 14.8. The quantitative estimate of drug-likeness (QED) is 0.502. The van der Waals surface area contributed by atoms with E-state index in [1.165, 1.54) is 31.4 Å². The van der Waals surface area contributed by atoms with Gasteiger partial charge >= 0.3 is 0 Å².